The molecule has 122 valence electrons. The van der Waals surface area contributed by atoms with Crippen molar-refractivity contribution in [2.24, 2.45) is 0 Å². The van der Waals surface area contributed by atoms with E-state index in [0.717, 1.165) is 11.1 Å². The summed E-state index contributed by atoms with van der Waals surface area (Å²) in [5.74, 6) is 0.273. The SMILES string of the molecule is COc1ccc(C)cc1-c1csc(NC(=O)c2ccc(=O)[nH]n2)n1. The Morgan fingerprint density at radius 3 is 2.83 bits per heavy atom. The fourth-order valence-electron chi connectivity index (χ4n) is 2.11. The molecular weight excluding hydrogens is 328 g/mol. The highest BCUT2D eigenvalue weighted by atomic mass is 32.1. The van der Waals surface area contributed by atoms with Crippen LogP contribution in [0.4, 0.5) is 5.13 Å². The number of carbonyl (C=O) groups excluding carboxylic acids is 1. The summed E-state index contributed by atoms with van der Waals surface area (Å²) in [5, 5.41) is 10.8. The number of thiazole rings is 1. The largest absolute Gasteiger partial charge is 0.496 e. The molecule has 0 saturated carbocycles. The number of carbonyl (C=O) groups is 1. The Kier molecular flexibility index (Phi) is 4.39. The summed E-state index contributed by atoms with van der Waals surface area (Å²) in [4.78, 5) is 27.5. The maximum absolute atomic E-state index is 12.1. The molecule has 24 heavy (non-hydrogen) atoms. The molecule has 3 aromatic rings. The quantitative estimate of drug-likeness (QED) is 0.759. The van der Waals surface area contributed by atoms with Gasteiger partial charge in [-0.25, -0.2) is 10.1 Å². The molecule has 0 aliphatic carbocycles. The molecule has 0 atom stereocenters. The smallest absolute Gasteiger partial charge is 0.277 e. The van der Waals surface area contributed by atoms with Crippen molar-refractivity contribution in [1.29, 1.82) is 0 Å². The number of nitrogens with one attached hydrogen (secondary N) is 2. The molecule has 0 aliphatic rings. The lowest BCUT2D eigenvalue weighted by molar-refractivity contribution is 0.102. The number of amides is 1. The fourth-order valence-corrected chi connectivity index (χ4v) is 2.81. The molecule has 0 radical (unpaired) electrons. The minimum absolute atomic E-state index is 0.111. The highest BCUT2D eigenvalue weighted by Crippen LogP contribution is 2.33. The average Bonchev–Trinajstić information content (AvgIpc) is 3.03. The number of nitrogens with zero attached hydrogens (tertiary/aromatic N) is 2. The highest BCUT2D eigenvalue weighted by Gasteiger charge is 2.13. The van der Waals surface area contributed by atoms with E-state index in [1.165, 1.54) is 23.5 Å². The normalized spacial score (nSPS) is 10.4. The van der Waals surface area contributed by atoms with Gasteiger partial charge in [-0.3, -0.25) is 14.9 Å². The number of ether oxygens (including phenoxy) is 1. The summed E-state index contributed by atoms with van der Waals surface area (Å²) < 4.78 is 5.36. The van der Waals surface area contributed by atoms with E-state index in [1.807, 2.05) is 30.5 Å². The van der Waals surface area contributed by atoms with Gasteiger partial charge in [-0.1, -0.05) is 11.6 Å². The number of aromatic amines is 1. The summed E-state index contributed by atoms with van der Waals surface area (Å²) in [6.45, 7) is 1.99. The molecule has 3 rings (SSSR count). The van der Waals surface area contributed by atoms with Crippen LogP contribution in [0.1, 0.15) is 16.1 Å². The molecule has 2 N–H and O–H groups in total. The molecule has 0 bridgehead atoms. The zero-order valence-corrected chi connectivity index (χ0v) is 13.8. The van der Waals surface area contributed by atoms with Gasteiger partial charge in [-0.2, -0.15) is 5.10 Å². The van der Waals surface area contributed by atoms with Crippen LogP contribution >= 0.6 is 11.3 Å². The molecule has 0 spiro atoms. The van der Waals surface area contributed by atoms with Crippen molar-refractivity contribution in [3.8, 4) is 17.0 Å². The van der Waals surface area contributed by atoms with Crippen LogP contribution in [0.5, 0.6) is 5.75 Å². The van der Waals surface area contributed by atoms with Crippen molar-refractivity contribution in [2.45, 2.75) is 6.92 Å². The minimum Gasteiger partial charge on any atom is -0.496 e. The zero-order valence-electron chi connectivity index (χ0n) is 13.0. The number of aromatic nitrogens is 3. The number of H-pyrrole nitrogens is 1. The van der Waals surface area contributed by atoms with Crippen molar-refractivity contribution in [1.82, 2.24) is 15.2 Å². The van der Waals surface area contributed by atoms with Crippen molar-refractivity contribution in [3.05, 3.63) is 57.3 Å². The van der Waals surface area contributed by atoms with E-state index in [0.29, 0.717) is 16.6 Å². The van der Waals surface area contributed by atoms with Crippen molar-refractivity contribution < 1.29 is 9.53 Å². The number of anilines is 1. The summed E-state index contributed by atoms with van der Waals surface area (Å²) in [5.41, 5.74) is 2.40. The van der Waals surface area contributed by atoms with Crippen LogP contribution < -0.4 is 15.6 Å². The van der Waals surface area contributed by atoms with Crippen LogP contribution in [-0.4, -0.2) is 28.2 Å². The first-order valence-corrected chi connectivity index (χ1v) is 7.92. The van der Waals surface area contributed by atoms with Gasteiger partial charge >= 0.3 is 0 Å². The van der Waals surface area contributed by atoms with Gasteiger partial charge in [0.05, 0.1) is 12.8 Å². The monoisotopic (exact) mass is 342 g/mol. The van der Waals surface area contributed by atoms with E-state index < -0.39 is 5.91 Å². The fraction of sp³-hybridized carbons (Fsp3) is 0.125. The third-order valence-corrected chi connectivity index (χ3v) is 4.03. The first kappa shape index (κ1) is 15.9. The van der Waals surface area contributed by atoms with Gasteiger partial charge in [0.15, 0.2) is 5.13 Å². The second-order valence-corrected chi connectivity index (χ2v) is 5.86. The van der Waals surface area contributed by atoms with Crippen molar-refractivity contribution in [3.63, 3.8) is 0 Å². The number of methoxy groups -OCH3 is 1. The van der Waals surface area contributed by atoms with Gasteiger partial charge in [0.2, 0.25) is 0 Å². The van der Waals surface area contributed by atoms with Gasteiger partial charge in [0, 0.05) is 17.0 Å². The Bertz CT molecular complexity index is 928. The molecule has 1 aromatic carbocycles. The maximum atomic E-state index is 12.1. The summed E-state index contributed by atoms with van der Waals surface area (Å²) in [6, 6.07) is 8.41. The minimum atomic E-state index is -0.441. The number of aryl methyl sites for hydroxylation is 1. The Hall–Kier alpha value is -3.00. The zero-order chi connectivity index (χ0) is 17.1. The second kappa shape index (κ2) is 6.63. The standard InChI is InChI=1S/C16H14N4O3S/c1-9-3-5-13(23-2)10(7-9)12-8-24-16(17-12)18-15(22)11-4-6-14(21)20-19-11/h3-8H,1-2H3,(H,20,21)(H,17,18,22). The molecule has 7 nitrogen and oxygen atoms in total. The average molecular weight is 342 g/mol. The van der Waals surface area contributed by atoms with Gasteiger partial charge in [0.25, 0.3) is 11.5 Å². The molecule has 0 saturated heterocycles. The molecule has 2 heterocycles. The van der Waals surface area contributed by atoms with E-state index in [1.54, 1.807) is 7.11 Å². The van der Waals surface area contributed by atoms with Crippen molar-refractivity contribution in [2.75, 3.05) is 12.4 Å². The van der Waals surface area contributed by atoms with E-state index in [2.05, 4.69) is 20.5 Å². The van der Waals surface area contributed by atoms with Crippen LogP contribution in [0.2, 0.25) is 0 Å². The molecular formula is C16H14N4O3S. The number of hydrogen-bond donors (Lipinski definition) is 2. The van der Waals surface area contributed by atoms with Crippen molar-refractivity contribution >= 4 is 22.4 Å². The molecule has 0 fully saturated rings. The topological polar surface area (TPSA) is 97.0 Å². The van der Waals surface area contributed by atoms with Crippen LogP contribution in [0.3, 0.4) is 0 Å². The molecule has 0 aliphatic heterocycles. The highest BCUT2D eigenvalue weighted by molar-refractivity contribution is 7.14. The lowest BCUT2D eigenvalue weighted by Crippen LogP contribution is -2.17. The first-order chi connectivity index (χ1) is 11.6. The molecule has 1 amide bonds. The number of rotatable bonds is 4. The van der Waals surface area contributed by atoms with E-state index in [-0.39, 0.29) is 11.3 Å². The molecule has 2 aromatic heterocycles. The summed E-state index contributed by atoms with van der Waals surface area (Å²) >= 11 is 1.30. The van der Waals surface area contributed by atoms with Crippen LogP contribution in [-0.2, 0) is 0 Å². The van der Waals surface area contributed by atoms with E-state index in [9.17, 15) is 9.59 Å². The lowest BCUT2D eigenvalue weighted by atomic mass is 10.1. The lowest BCUT2D eigenvalue weighted by Gasteiger charge is -2.07. The van der Waals surface area contributed by atoms with Gasteiger partial charge < -0.3 is 4.74 Å². The number of hydrogen-bond acceptors (Lipinski definition) is 6. The maximum Gasteiger partial charge on any atom is 0.277 e. The van der Waals surface area contributed by atoms with Gasteiger partial charge in [-0.15, -0.1) is 11.3 Å². The molecule has 0 unspecified atom stereocenters. The van der Waals surface area contributed by atoms with Crippen LogP contribution in [0.15, 0.2) is 40.5 Å². The van der Waals surface area contributed by atoms with E-state index in [4.69, 9.17) is 4.74 Å². The summed E-state index contributed by atoms with van der Waals surface area (Å²) in [7, 11) is 1.60. The predicted octanol–water partition coefficient (Wildman–Crippen LogP) is 2.46. The van der Waals surface area contributed by atoms with Gasteiger partial charge in [0.1, 0.15) is 11.4 Å². The Morgan fingerprint density at radius 1 is 1.29 bits per heavy atom. The van der Waals surface area contributed by atoms with E-state index >= 15 is 0 Å². The third kappa shape index (κ3) is 3.33. The second-order valence-electron chi connectivity index (χ2n) is 5.00. The Morgan fingerprint density at radius 2 is 2.12 bits per heavy atom. The molecule has 8 heteroatoms. The van der Waals surface area contributed by atoms with Gasteiger partial charge in [-0.05, 0) is 25.1 Å². The van der Waals surface area contributed by atoms with Crippen LogP contribution in [0.25, 0.3) is 11.3 Å². The first-order valence-electron chi connectivity index (χ1n) is 7.04. The van der Waals surface area contributed by atoms with Crippen LogP contribution in [0, 0.1) is 6.92 Å². The Labute approximate surface area is 141 Å². The number of benzene rings is 1. The third-order valence-electron chi connectivity index (χ3n) is 3.27. The Balaban J connectivity index is 1.83. The summed E-state index contributed by atoms with van der Waals surface area (Å²) in [6.07, 6.45) is 0. The predicted molar refractivity (Wildman–Crippen MR) is 91.6 cm³/mol.